The molecule has 6 nitrogen and oxygen atoms in total. The number of rotatable bonds is 9. The molecule has 1 aliphatic heterocycles. The number of benzene rings is 3. The third-order valence-electron chi connectivity index (χ3n) is 5.96. The maximum absolute atomic E-state index is 12.4. The predicted octanol–water partition coefficient (Wildman–Crippen LogP) is 4.70. The van der Waals surface area contributed by atoms with Crippen LogP contribution >= 0.6 is 0 Å². The van der Waals surface area contributed by atoms with E-state index in [4.69, 9.17) is 14.3 Å². The number of hydrogen-bond acceptors (Lipinski definition) is 5. The summed E-state index contributed by atoms with van der Waals surface area (Å²) in [4.78, 5) is 20.0. The van der Waals surface area contributed by atoms with Gasteiger partial charge in [-0.05, 0) is 48.7 Å². The molecule has 4 rings (SSSR count). The second-order valence-corrected chi connectivity index (χ2v) is 8.72. The average molecular weight is 473 g/mol. The van der Waals surface area contributed by atoms with E-state index in [9.17, 15) is 4.79 Å². The van der Waals surface area contributed by atoms with Crippen LogP contribution in [0.15, 0.2) is 78.0 Å². The lowest BCUT2D eigenvalue weighted by Gasteiger charge is -2.26. The molecular formula is C29H32N2O4. The number of aryl methyl sites for hydroxylation is 2. The Balaban J connectivity index is 1.45. The zero-order valence-corrected chi connectivity index (χ0v) is 20.4. The van der Waals surface area contributed by atoms with Gasteiger partial charge in [-0.1, -0.05) is 65.3 Å². The fraction of sp³-hybridized carbons (Fsp3) is 0.310. The van der Waals surface area contributed by atoms with Gasteiger partial charge in [0.1, 0.15) is 12.4 Å². The summed E-state index contributed by atoms with van der Waals surface area (Å²) in [6.07, 6.45) is 0.643. The third-order valence-corrected chi connectivity index (χ3v) is 5.96. The van der Waals surface area contributed by atoms with Gasteiger partial charge in [0, 0.05) is 25.1 Å². The molecule has 3 aromatic rings. The molecule has 1 amide bonds. The molecule has 0 radical (unpaired) electrons. The van der Waals surface area contributed by atoms with E-state index >= 15 is 0 Å². The Kier molecular flexibility index (Phi) is 8.52. The number of nitrogens with zero attached hydrogens (tertiary/aromatic N) is 2. The lowest BCUT2D eigenvalue weighted by molar-refractivity contribution is -0.137. The minimum absolute atomic E-state index is 0.0187. The molecule has 0 aliphatic carbocycles. The van der Waals surface area contributed by atoms with Gasteiger partial charge in [-0.3, -0.25) is 4.79 Å². The highest BCUT2D eigenvalue weighted by Crippen LogP contribution is 2.21. The largest absolute Gasteiger partial charge is 0.483 e. The smallest absolute Gasteiger partial charge is 0.260 e. The summed E-state index contributed by atoms with van der Waals surface area (Å²) in [5.74, 6) is 0.669. The van der Waals surface area contributed by atoms with Crippen LogP contribution in [0.25, 0.3) is 0 Å². The minimum Gasteiger partial charge on any atom is -0.483 e. The van der Waals surface area contributed by atoms with Crippen LogP contribution < -0.4 is 4.74 Å². The third kappa shape index (κ3) is 7.17. The van der Waals surface area contributed by atoms with Gasteiger partial charge in [0.15, 0.2) is 6.61 Å². The van der Waals surface area contributed by atoms with Crippen molar-refractivity contribution in [3.63, 3.8) is 0 Å². The average Bonchev–Trinajstić information content (AvgIpc) is 2.89. The highest BCUT2D eigenvalue weighted by atomic mass is 16.6. The first-order chi connectivity index (χ1) is 17.1. The van der Waals surface area contributed by atoms with Gasteiger partial charge < -0.3 is 19.2 Å². The molecule has 0 N–H and O–H groups in total. The topological polar surface area (TPSA) is 60.4 Å². The Labute approximate surface area is 207 Å². The zero-order valence-electron chi connectivity index (χ0n) is 20.4. The van der Waals surface area contributed by atoms with E-state index < -0.39 is 0 Å². The number of carbonyl (C=O) groups is 1. The molecule has 1 heterocycles. The molecule has 1 saturated heterocycles. The van der Waals surface area contributed by atoms with Gasteiger partial charge in [0.25, 0.3) is 5.91 Å². The highest BCUT2D eigenvalue weighted by molar-refractivity contribution is 6.01. The van der Waals surface area contributed by atoms with Crippen molar-refractivity contribution in [2.24, 2.45) is 5.16 Å². The van der Waals surface area contributed by atoms with Crippen molar-refractivity contribution in [2.75, 3.05) is 32.9 Å². The van der Waals surface area contributed by atoms with E-state index in [1.807, 2.05) is 43.3 Å². The lowest BCUT2D eigenvalue weighted by Crippen LogP contribution is -2.43. The summed E-state index contributed by atoms with van der Waals surface area (Å²) in [5.41, 5.74) is 6.18. The van der Waals surface area contributed by atoms with Gasteiger partial charge in [-0.2, -0.15) is 0 Å². The van der Waals surface area contributed by atoms with E-state index in [2.05, 4.69) is 48.5 Å². The molecule has 0 saturated carbocycles. The number of oxime groups is 1. The summed E-state index contributed by atoms with van der Waals surface area (Å²) in [6.45, 7) is 6.85. The monoisotopic (exact) mass is 472 g/mol. The maximum atomic E-state index is 12.4. The molecule has 0 bridgehead atoms. The molecule has 1 fully saturated rings. The molecule has 182 valence electrons. The number of morpholine rings is 1. The maximum Gasteiger partial charge on any atom is 0.260 e. The van der Waals surface area contributed by atoms with Crippen LogP contribution in [0.3, 0.4) is 0 Å². The first kappa shape index (κ1) is 24.5. The molecule has 35 heavy (non-hydrogen) atoms. The molecule has 0 unspecified atom stereocenters. The Bertz CT molecular complexity index is 1140. The van der Waals surface area contributed by atoms with E-state index in [1.54, 1.807) is 4.90 Å². The minimum atomic E-state index is -0.0207. The summed E-state index contributed by atoms with van der Waals surface area (Å²) >= 11 is 0. The Morgan fingerprint density at radius 2 is 1.69 bits per heavy atom. The van der Waals surface area contributed by atoms with Crippen LogP contribution in [-0.4, -0.2) is 49.4 Å². The molecule has 0 aromatic heterocycles. The van der Waals surface area contributed by atoms with Crippen molar-refractivity contribution in [1.29, 1.82) is 0 Å². The Morgan fingerprint density at radius 1 is 0.943 bits per heavy atom. The molecular weight excluding hydrogens is 440 g/mol. The van der Waals surface area contributed by atoms with Crippen molar-refractivity contribution in [2.45, 2.75) is 26.9 Å². The fourth-order valence-corrected chi connectivity index (χ4v) is 3.88. The SMILES string of the molecule is Cc1ccc(CO/N=C(/Cc2ccccc2)c2ccc(OCC(=O)N3CCOCC3)c(C)c2)cc1. The van der Waals surface area contributed by atoms with E-state index in [0.717, 1.165) is 28.0 Å². The predicted molar refractivity (Wildman–Crippen MR) is 137 cm³/mol. The number of ether oxygens (including phenoxy) is 2. The molecule has 3 aromatic carbocycles. The second kappa shape index (κ2) is 12.2. The van der Waals surface area contributed by atoms with Crippen molar-refractivity contribution in [1.82, 2.24) is 4.90 Å². The summed E-state index contributed by atoms with van der Waals surface area (Å²) in [6, 6.07) is 24.4. The van der Waals surface area contributed by atoms with Crippen LogP contribution in [0.4, 0.5) is 0 Å². The first-order valence-corrected chi connectivity index (χ1v) is 12.0. The van der Waals surface area contributed by atoms with Gasteiger partial charge in [-0.25, -0.2) is 0 Å². The lowest BCUT2D eigenvalue weighted by atomic mass is 10.0. The van der Waals surface area contributed by atoms with Gasteiger partial charge in [-0.15, -0.1) is 0 Å². The summed E-state index contributed by atoms with van der Waals surface area (Å²) in [7, 11) is 0. The van der Waals surface area contributed by atoms with Crippen molar-refractivity contribution >= 4 is 11.6 Å². The number of hydrogen-bond donors (Lipinski definition) is 0. The molecule has 0 spiro atoms. The normalized spacial score (nSPS) is 14.0. The quantitative estimate of drug-likeness (QED) is 0.334. The van der Waals surface area contributed by atoms with E-state index in [-0.39, 0.29) is 12.5 Å². The number of carbonyl (C=O) groups excluding carboxylic acids is 1. The Morgan fingerprint density at radius 3 is 2.40 bits per heavy atom. The zero-order chi connectivity index (χ0) is 24.5. The van der Waals surface area contributed by atoms with Gasteiger partial charge >= 0.3 is 0 Å². The van der Waals surface area contributed by atoms with E-state index in [1.165, 1.54) is 5.56 Å². The molecule has 1 aliphatic rings. The molecule has 0 atom stereocenters. The van der Waals surface area contributed by atoms with Crippen LogP contribution in [0.1, 0.15) is 27.8 Å². The summed E-state index contributed by atoms with van der Waals surface area (Å²) in [5, 5.41) is 4.52. The second-order valence-electron chi connectivity index (χ2n) is 8.72. The van der Waals surface area contributed by atoms with Gasteiger partial charge in [0.05, 0.1) is 18.9 Å². The number of amides is 1. The molecule has 6 heteroatoms. The van der Waals surface area contributed by atoms with Crippen LogP contribution in [0.2, 0.25) is 0 Å². The highest BCUT2D eigenvalue weighted by Gasteiger charge is 2.18. The van der Waals surface area contributed by atoms with Crippen molar-refractivity contribution in [3.05, 3.63) is 101 Å². The van der Waals surface area contributed by atoms with Crippen LogP contribution in [0, 0.1) is 13.8 Å². The van der Waals surface area contributed by atoms with Crippen LogP contribution in [-0.2, 0) is 27.4 Å². The van der Waals surface area contributed by atoms with E-state index in [0.29, 0.717) is 45.1 Å². The van der Waals surface area contributed by atoms with Crippen molar-refractivity contribution in [3.8, 4) is 5.75 Å². The van der Waals surface area contributed by atoms with Crippen molar-refractivity contribution < 1.29 is 19.1 Å². The Hall–Kier alpha value is -3.64. The summed E-state index contributed by atoms with van der Waals surface area (Å²) < 4.78 is 11.2. The van der Waals surface area contributed by atoms with Crippen LogP contribution in [0.5, 0.6) is 5.75 Å². The standard InChI is InChI=1S/C29H32N2O4/c1-22-8-10-25(11-9-22)20-35-30-27(19-24-6-4-3-5-7-24)26-12-13-28(23(2)18-26)34-21-29(32)31-14-16-33-17-15-31/h3-13,18H,14-17,19-21H2,1-2H3/b30-27-. The first-order valence-electron chi connectivity index (χ1n) is 12.0. The van der Waals surface area contributed by atoms with Gasteiger partial charge in [0.2, 0.25) is 0 Å². The fourth-order valence-electron chi connectivity index (χ4n) is 3.88.